The molecule has 0 amide bonds. The van der Waals surface area contributed by atoms with Gasteiger partial charge in [0.15, 0.2) is 0 Å². The number of nitrogens with two attached hydrogens (primary N) is 1. The Morgan fingerprint density at radius 1 is 1.60 bits per heavy atom. The maximum absolute atomic E-state index is 5.53. The van der Waals surface area contributed by atoms with Crippen molar-refractivity contribution in [2.45, 2.75) is 19.4 Å². The summed E-state index contributed by atoms with van der Waals surface area (Å²) in [7, 11) is 0. The summed E-state index contributed by atoms with van der Waals surface area (Å²) < 4.78 is 3.90. The van der Waals surface area contributed by atoms with Crippen molar-refractivity contribution in [2.24, 2.45) is 5.84 Å². The maximum atomic E-state index is 5.53. The second kappa shape index (κ2) is 4.75. The topological polar surface area (TPSA) is 76.7 Å². The molecule has 0 aliphatic carbocycles. The van der Waals surface area contributed by atoms with E-state index in [-0.39, 0.29) is 6.04 Å². The number of thiazole rings is 1. The molecule has 2 rings (SSSR count). The molecular formula is C8H11N5S2. The molecular weight excluding hydrogens is 230 g/mol. The fourth-order valence-corrected chi connectivity index (χ4v) is 2.67. The Kier molecular flexibility index (Phi) is 3.37. The van der Waals surface area contributed by atoms with E-state index >= 15 is 0 Å². The van der Waals surface area contributed by atoms with Gasteiger partial charge in [-0.25, -0.2) is 0 Å². The van der Waals surface area contributed by atoms with Crippen molar-refractivity contribution < 1.29 is 0 Å². The molecule has 0 radical (unpaired) electrons. The van der Waals surface area contributed by atoms with Gasteiger partial charge in [0.2, 0.25) is 0 Å². The molecule has 0 saturated heterocycles. The van der Waals surface area contributed by atoms with E-state index < -0.39 is 0 Å². The number of aryl methyl sites for hydroxylation is 1. The van der Waals surface area contributed by atoms with Crippen molar-refractivity contribution in [3.05, 3.63) is 27.2 Å². The van der Waals surface area contributed by atoms with Crippen LogP contribution in [0.3, 0.4) is 0 Å². The highest BCUT2D eigenvalue weighted by molar-refractivity contribution is 7.09. The van der Waals surface area contributed by atoms with Gasteiger partial charge >= 0.3 is 0 Å². The Bertz CT molecular complexity index is 410. The molecule has 80 valence electrons. The Balaban J connectivity index is 2.15. The highest BCUT2D eigenvalue weighted by Gasteiger charge is 2.16. The number of hydrogen-bond donors (Lipinski definition) is 2. The quantitative estimate of drug-likeness (QED) is 0.618. The zero-order valence-corrected chi connectivity index (χ0v) is 9.81. The number of hydrazine groups is 1. The fourth-order valence-electron chi connectivity index (χ4n) is 1.33. The molecule has 0 fully saturated rings. The summed E-state index contributed by atoms with van der Waals surface area (Å²) in [5.74, 6) is 5.53. The SMILES string of the molecule is Cc1nnsc1C(Cc1cncs1)NN. The van der Waals surface area contributed by atoms with E-state index in [1.807, 2.05) is 18.6 Å². The highest BCUT2D eigenvalue weighted by atomic mass is 32.1. The van der Waals surface area contributed by atoms with E-state index in [1.54, 1.807) is 11.3 Å². The second-order valence-corrected chi connectivity index (χ2v) is 4.87. The van der Waals surface area contributed by atoms with Crippen LogP contribution in [0.4, 0.5) is 0 Å². The van der Waals surface area contributed by atoms with Crippen LogP contribution in [-0.4, -0.2) is 14.6 Å². The number of nitrogens with zero attached hydrogens (tertiary/aromatic N) is 3. The Labute approximate surface area is 95.5 Å². The molecule has 0 aliphatic rings. The Morgan fingerprint density at radius 3 is 3.00 bits per heavy atom. The van der Waals surface area contributed by atoms with Gasteiger partial charge in [-0.3, -0.25) is 16.3 Å². The molecule has 0 bridgehead atoms. The number of nitrogens with one attached hydrogen (secondary N) is 1. The Hall–Kier alpha value is -0.890. The summed E-state index contributed by atoms with van der Waals surface area (Å²) in [6.45, 7) is 1.94. The monoisotopic (exact) mass is 241 g/mol. The third-order valence-corrected chi connectivity index (χ3v) is 3.83. The van der Waals surface area contributed by atoms with Crippen LogP contribution in [0.2, 0.25) is 0 Å². The average molecular weight is 241 g/mol. The molecule has 0 aromatic carbocycles. The summed E-state index contributed by atoms with van der Waals surface area (Å²) in [6, 6.07) is 0.0745. The Morgan fingerprint density at radius 2 is 2.47 bits per heavy atom. The van der Waals surface area contributed by atoms with Crippen molar-refractivity contribution >= 4 is 22.9 Å². The lowest BCUT2D eigenvalue weighted by atomic mass is 10.1. The molecule has 2 aromatic heterocycles. The van der Waals surface area contributed by atoms with Gasteiger partial charge in [-0.1, -0.05) is 4.49 Å². The first-order valence-electron chi connectivity index (χ1n) is 4.43. The van der Waals surface area contributed by atoms with Crippen molar-refractivity contribution in [2.75, 3.05) is 0 Å². The van der Waals surface area contributed by atoms with Crippen molar-refractivity contribution in [3.8, 4) is 0 Å². The number of rotatable bonds is 4. The molecule has 2 heterocycles. The van der Waals surface area contributed by atoms with E-state index in [1.165, 1.54) is 16.4 Å². The first-order valence-corrected chi connectivity index (χ1v) is 6.09. The molecule has 3 N–H and O–H groups in total. The van der Waals surface area contributed by atoms with E-state index in [2.05, 4.69) is 20.0 Å². The number of hydrogen-bond acceptors (Lipinski definition) is 7. The minimum Gasteiger partial charge on any atom is -0.271 e. The van der Waals surface area contributed by atoms with Crippen molar-refractivity contribution in [1.82, 2.24) is 20.0 Å². The highest BCUT2D eigenvalue weighted by Crippen LogP contribution is 2.24. The van der Waals surface area contributed by atoms with Crippen LogP contribution in [0.25, 0.3) is 0 Å². The second-order valence-electron chi connectivity index (χ2n) is 3.11. The van der Waals surface area contributed by atoms with Gasteiger partial charge in [-0.15, -0.1) is 16.4 Å². The molecule has 2 aromatic rings. The summed E-state index contributed by atoms with van der Waals surface area (Å²) in [5.41, 5.74) is 5.55. The van der Waals surface area contributed by atoms with Gasteiger partial charge in [0, 0.05) is 17.5 Å². The molecule has 1 atom stereocenters. The molecule has 0 spiro atoms. The zero-order chi connectivity index (χ0) is 10.7. The predicted octanol–water partition coefficient (Wildman–Crippen LogP) is 1.05. The minimum absolute atomic E-state index is 0.0745. The molecule has 5 nitrogen and oxygen atoms in total. The summed E-state index contributed by atoms with van der Waals surface area (Å²) in [6.07, 6.45) is 2.69. The molecule has 1 unspecified atom stereocenters. The molecule has 0 aliphatic heterocycles. The third kappa shape index (κ3) is 2.37. The van der Waals surface area contributed by atoms with Crippen LogP contribution in [-0.2, 0) is 6.42 Å². The van der Waals surface area contributed by atoms with Gasteiger partial charge in [-0.2, -0.15) is 0 Å². The van der Waals surface area contributed by atoms with Crippen LogP contribution in [0.5, 0.6) is 0 Å². The first-order chi connectivity index (χ1) is 7.31. The lowest BCUT2D eigenvalue weighted by Crippen LogP contribution is -2.29. The zero-order valence-electron chi connectivity index (χ0n) is 8.17. The smallest absolute Gasteiger partial charge is 0.0794 e. The van der Waals surface area contributed by atoms with Gasteiger partial charge in [0.1, 0.15) is 0 Å². The minimum atomic E-state index is 0.0745. The lowest BCUT2D eigenvalue weighted by Gasteiger charge is -2.12. The molecule has 15 heavy (non-hydrogen) atoms. The van der Waals surface area contributed by atoms with Gasteiger partial charge in [0.25, 0.3) is 0 Å². The van der Waals surface area contributed by atoms with Crippen LogP contribution in [0.1, 0.15) is 21.5 Å². The van der Waals surface area contributed by atoms with Crippen LogP contribution < -0.4 is 11.3 Å². The maximum Gasteiger partial charge on any atom is 0.0794 e. The predicted molar refractivity (Wildman–Crippen MR) is 60.5 cm³/mol. The third-order valence-electron chi connectivity index (χ3n) is 2.09. The normalized spacial score (nSPS) is 12.9. The van der Waals surface area contributed by atoms with Gasteiger partial charge < -0.3 is 0 Å². The van der Waals surface area contributed by atoms with Crippen LogP contribution >= 0.6 is 22.9 Å². The van der Waals surface area contributed by atoms with Crippen LogP contribution in [0, 0.1) is 6.92 Å². The largest absolute Gasteiger partial charge is 0.271 e. The molecule has 0 saturated carbocycles. The standard InChI is InChI=1S/C8H11N5S2/c1-5-8(15-13-12-5)7(11-9)2-6-3-10-4-14-6/h3-4,7,11H,2,9H2,1H3. The first kappa shape index (κ1) is 10.6. The van der Waals surface area contributed by atoms with E-state index in [4.69, 9.17) is 5.84 Å². The van der Waals surface area contributed by atoms with E-state index in [0.29, 0.717) is 0 Å². The summed E-state index contributed by atoms with van der Waals surface area (Å²) in [5, 5.41) is 3.98. The number of aromatic nitrogens is 3. The van der Waals surface area contributed by atoms with E-state index in [9.17, 15) is 0 Å². The van der Waals surface area contributed by atoms with E-state index in [0.717, 1.165) is 17.0 Å². The lowest BCUT2D eigenvalue weighted by molar-refractivity contribution is 0.560. The van der Waals surface area contributed by atoms with Crippen molar-refractivity contribution in [3.63, 3.8) is 0 Å². The van der Waals surface area contributed by atoms with Gasteiger partial charge in [-0.05, 0) is 18.5 Å². The van der Waals surface area contributed by atoms with Crippen LogP contribution in [0.15, 0.2) is 11.7 Å². The average Bonchev–Trinajstić information content (AvgIpc) is 2.85. The van der Waals surface area contributed by atoms with Crippen molar-refractivity contribution in [1.29, 1.82) is 0 Å². The fraction of sp³-hybridized carbons (Fsp3) is 0.375. The summed E-state index contributed by atoms with van der Waals surface area (Å²) in [4.78, 5) is 6.32. The molecule has 7 heteroatoms. The summed E-state index contributed by atoms with van der Waals surface area (Å²) >= 11 is 3.01. The van der Waals surface area contributed by atoms with Gasteiger partial charge in [0.05, 0.1) is 22.1 Å².